The van der Waals surface area contributed by atoms with E-state index in [0.717, 1.165) is 11.1 Å². The molecule has 0 aliphatic heterocycles. The maximum absolute atomic E-state index is 14.0. The minimum absolute atomic E-state index is 0.116. The molecule has 0 bridgehead atoms. The van der Waals surface area contributed by atoms with Gasteiger partial charge in [-0.25, -0.2) is 27.1 Å². The smallest absolute Gasteiger partial charge is 0.267 e. The monoisotopic (exact) mass is 501 g/mol. The number of pyridine rings is 1. The van der Waals surface area contributed by atoms with Crippen molar-refractivity contribution in [3.05, 3.63) is 42.5 Å². The van der Waals surface area contributed by atoms with Crippen molar-refractivity contribution < 1.29 is 22.4 Å². The fraction of sp³-hybridized carbons (Fsp3) is 0.417. The topological polar surface area (TPSA) is 100 Å². The van der Waals surface area contributed by atoms with Crippen molar-refractivity contribution >= 4 is 28.4 Å². The number of nitrogens with zero attached hydrogens (tertiary/aromatic N) is 4. The van der Waals surface area contributed by atoms with Gasteiger partial charge in [0.05, 0.1) is 23.8 Å². The Morgan fingerprint density at radius 2 is 2.06 bits per heavy atom. The van der Waals surface area contributed by atoms with Crippen molar-refractivity contribution in [2.24, 2.45) is 11.8 Å². The molecule has 36 heavy (non-hydrogen) atoms. The molecular weight excluding hydrogens is 478 g/mol. The highest BCUT2D eigenvalue weighted by atomic mass is 19.3. The van der Waals surface area contributed by atoms with Gasteiger partial charge in [0.25, 0.3) is 11.8 Å². The third-order valence-corrected chi connectivity index (χ3v) is 6.89. The summed E-state index contributed by atoms with van der Waals surface area (Å²) in [6.45, 7) is -0.323. The number of aromatic nitrogens is 5. The van der Waals surface area contributed by atoms with Crippen molar-refractivity contribution in [2.75, 3.05) is 18.4 Å². The minimum Gasteiger partial charge on any atom is -0.352 e. The Bertz CT molecular complexity index is 1450. The summed E-state index contributed by atoms with van der Waals surface area (Å²) in [5, 5.41) is 10.3. The number of aromatic amines is 1. The first kappa shape index (κ1) is 22.7. The van der Waals surface area contributed by atoms with Crippen molar-refractivity contribution in [3.8, 4) is 11.1 Å². The molecule has 3 N–H and O–H groups in total. The molecule has 2 aliphatic carbocycles. The molecule has 0 saturated heterocycles. The average molecular weight is 501 g/mol. The Balaban J connectivity index is 1.20. The quantitative estimate of drug-likeness (QED) is 0.309. The van der Waals surface area contributed by atoms with Crippen LogP contribution in [0.3, 0.4) is 0 Å². The predicted molar refractivity (Wildman–Crippen MR) is 124 cm³/mol. The SMILES string of the molecule is O=C(NCC1CC(F)(F)C1)c1cnn2ccc(-c3c[nH]c4nc(NCC(F)(F)C5CC5)ncc34)cc12. The Hall–Kier alpha value is -3.70. The predicted octanol–water partition coefficient (Wildman–Crippen LogP) is 4.50. The molecule has 1 amide bonds. The maximum atomic E-state index is 14.0. The molecule has 4 aromatic rings. The van der Waals surface area contributed by atoms with E-state index in [0.29, 0.717) is 35.0 Å². The first-order valence-electron chi connectivity index (χ1n) is 11.8. The lowest BCUT2D eigenvalue weighted by Crippen LogP contribution is -2.42. The van der Waals surface area contributed by atoms with E-state index in [1.807, 2.05) is 6.07 Å². The van der Waals surface area contributed by atoms with E-state index in [1.54, 1.807) is 29.2 Å². The molecule has 12 heteroatoms. The number of alkyl halides is 4. The molecule has 0 unspecified atom stereocenters. The first-order chi connectivity index (χ1) is 17.2. The number of nitrogens with one attached hydrogen (secondary N) is 3. The zero-order valence-corrected chi connectivity index (χ0v) is 19.1. The number of amides is 1. The molecule has 8 nitrogen and oxygen atoms in total. The second-order valence-electron chi connectivity index (χ2n) is 9.69. The largest absolute Gasteiger partial charge is 0.352 e. The molecule has 4 aromatic heterocycles. The van der Waals surface area contributed by atoms with Gasteiger partial charge < -0.3 is 15.6 Å². The van der Waals surface area contributed by atoms with E-state index < -0.39 is 24.3 Å². The number of halogens is 4. The number of fused-ring (bicyclic) bond motifs is 2. The average Bonchev–Trinajstić information content (AvgIpc) is 3.49. The Morgan fingerprint density at radius 1 is 1.25 bits per heavy atom. The molecule has 0 radical (unpaired) electrons. The summed E-state index contributed by atoms with van der Waals surface area (Å²) in [5.74, 6) is -6.47. The first-order valence-corrected chi connectivity index (χ1v) is 11.8. The van der Waals surface area contributed by atoms with Gasteiger partial charge >= 0.3 is 0 Å². The van der Waals surface area contributed by atoms with Gasteiger partial charge in [0.15, 0.2) is 0 Å². The van der Waals surface area contributed by atoms with E-state index in [-0.39, 0.29) is 37.2 Å². The van der Waals surface area contributed by atoms with Gasteiger partial charge in [-0.05, 0) is 36.5 Å². The zero-order chi connectivity index (χ0) is 25.1. The Labute approximate surface area is 202 Å². The van der Waals surface area contributed by atoms with E-state index in [9.17, 15) is 22.4 Å². The van der Waals surface area contributed by atoms with Crippen LogP contribution in [0.2, 0.25) is 0 Å². The molecule has 188 valence electrons. The van der Waals surface area contributed by atoms with Gasteiger partial charge in [-0.15, -0.1) is 0 Å². The van der Waals surface area contributed by atoms with Crippen LogP contribution < -0.4 is 10.6 Å². The summed E-state index contributed by atoms with van der Waals surface area (Å²) in [4.78, 5) is 24.3. The number of anilines is 1. The van der Waals surface area contributed by atoms with Crippen LogP contribution in [0.15, 0.2) is 36.9 Å². The number of rotatable bonds is 8. The van der Waals surface area contributed by atoms with Gasteiger partial charge in [0.2, 0.25) is 11.9 Å². The minimum atomic E-state index is -2.78. The van der Waals surface area contributed by atoms with Gasteiger partial charge in [-0.2, -0.15) is 10.1 Å². The standard InChI is InChI=1S/C24H23F4N7O/c25-23(26)6-13(7-23)8-30-21(36)18-11-33-35-4-3-14(5-19(18)35)16-9-29-20-17(16)10-31-22(34-20)32-12-24(27,28)15-1-2-15/h3-5,9-11,13,15H,1-2,6-8,12H2,(H,30,36)(H2,29,31,32,34). The molecule has 4 heterocycles. The lowest BCUT2D eigenvalue weighted by Gasteiger charge is -2.34. The lowest BCUT2D eigenvalue weighted by atomic mass is 9.81. The van der Waals surface area contributed by atoms with E-state index in [2.05, 4.69) is 30.7 Å². The van der Waals surface area contributed by atoms with Gasteiger partial charge in [0, 0.05) is 54.8 Å². The van der Waals surface area contributed by atoms with Crippen LogP contribution in [0.5, 0.6) is 0 Å². The van der Waals surface area contributed by atoms with Crippen LogP contribution in [0.25, 0.3) is 27.7 Å². The summed E-state index contributed by atoms with van der Waals surface area (Å²) in [6, 6.07) is 3.62. The molecular formula is C24H23F4N7O. The Morgan fingerprint density at radius 3 is 2.81 bits per heavy atom. The van der Waals surface area contributed by atoms with E-state index >= 15 is 0 Å². The zero-order valence-electron chi connectivity index (χ0n) is 19.1. The second kappa shape index (κ2) is 8.17. The fourth-order valence-electron chi connectivity index (χ4n) is 4.66. The fourth-order valence-corrected chi connectivity index (χ4v) is 4.66. The molecule has 6 rings (SSSR count). The number of hydrogen-bond donors (Lipinski definition) is 3. The molecule has 2 aliphatic rings. The van der Waals surface area contributed by atoms with Crippen molar-refractivity contribution in [1.82, 2.24) is 29.9 Å². The molecule has 0 aromatic carbocycles. The highest BCUT2D eigenvalue weighted by molar-refractivity contribution is 6.02. The molecule has 2 saturated carbocycles. The van der Waals surface area contributed by atoms with Crippen molar-refractivity contribution in [2.45, 2.75) is 37.5 Å². The van der Waals surface area contributed by atoms with Gasteiger partial charge in [-0.1, -0.05) is 0 Å². The molecule has 0 spiro atoms. The normalized spacial score (nSPS) is 17.9. The summed E-state index contributed by atoms with van der Waals surface area (Å²) in [5.41, 5.74) is 2.92. The highest BCUT2D eigenvalue weighted by Crippen LogP contribution is 2.43. The maximum Gasteiger partial charge on any atom is 0.267 e. The number of hydrogen-bond acceptors (Lipinski definition) is 5. The number of carbonyl (C=O) groups excluding carboxylic acids is 1. The van der Waals surface area contributed by atoms with Crippen LogP contribution in [0.1, 0.15) is 36.0 Å². The highest BCUT2D eigenvalue weighted by Gasteiger charge is 2.46. The van der Waals surface area contributed by atoms with Crippen molar-refractivity contribution in [3.63, 3.8) is 0 Å². The number of carbonyl (C=O) groups is 1. The van der Waals surface area contributed by atoms with Gasteiger partial charge in [-0.3, -0.25) is 4.79 Å². The Kier molecular flexibility index (Phi) is 5.16. The summed E-state index contributed by atoms with van der Waals surface area (Å²) >= 11 is 0. The molecule has 0 atom stereocenters. The third kappa shape index (κ3) is 4.24. The van der Waals surface area contributed by atoms with Crippen LogP contribution in [-0.2, 0) is 0 Å². The van der Waals surface area contributed by atoms with E-state index in [4.69, 9.17) is 0 Å². The van der Waals surface area contributed by atoms with Crippen LogP contribution in [-0.4, -0.2) is 55.4 Å². The van der Waals surface area contributed by atoms with Crippen LogP contribution >= 0.6 is 0 Å². The van der Waals surface area contributed by atoms with E-state index in [1.165, 1.54) is 6.20 Å². The van der Waals surface area contributed by atoms with Gasteiger partial charge in [0.1, 0.15) is 5.65 Å². The van der Waals surface area contributed by atoms with Crippen molar-refractivity contribution in [1.29, 1.82) is 0 Å². The lowest BCUT2D eigenvalue weighted by molar-refractivity contribution is -0.108. The van der Waals surface area contributed by atoms with Crippen LogP contribution in [0, 0.1) is 11.8 Å². The number of H-pyrrole nitrogens is 1. The second-order valence-corrected chi connectivity index (χ2v) is 9.69. The third-order valence-electron chi connectivity index (χ3n) is 6.89. The molecule has 2 fully saturated rings. The van der Waals surface area contributed by atoms with Crippen LogP contribution in [0.4, 0.5) is 23.5 Å². The summed E-state index contributed by atoms with van der Waals surface area (Å²) in [7, 11) is 0. The summed E-state index contributed by atoms with van der Waals surface area (Å²) < 4.78 is 55.6. The summed E-state index contributed by atoms with van der Waals surface area (Å²) in [6.07, 6.45) is 7.11.